The molecule has 1 aromatic rings. The summed E-state index contributed by atoms with van der Waals surface area (Å²) in [5.41, 5.74) is -0.232. The summed E-state index contributed by atoms with van der Waals surface area (Å²) in [6, 6.07) is 5.18. The van der Waals surface area contributed by atoms with Gasteiger partial charge in [0.1, 0.15) is 5.60 Å². The Kier molecular flexibility index (Phi) is 5.00. The Morgan fingerprint density at radius 2 is 1.75 bits per heavy atom. The van der Waals surface area contributed by atoms with Crippen molar-refractivity contribution < 1.29 is 19.4 Å². The van der Waals surface area contributed by atoms with E-state index in [4.69, 9.17) is 16.3 Å². The highest BCUT2D eigenvalue weighted by Gasteiger charge is 2.31. The second-order valence-electron chi connectivity index (χ2n) is 5.38. The van der Waals surface area contributed by atoms with Crippen molar-refractivity contribution in [3.8, 4) is 0 Å². The van der Waals surface area contributed by atoms with Crippen molar-refractivity contribution in [3.63, 3.8) is 0 Å². The SMILES string of the molecule is CN(C(=O)OC(C)(C)C)[C@H](C(=O)O)c1ccc(Cl)cc1. The molecule has 0 unspecified atom stereocenters. The second kappa shape index (κ2) is 6.13. The number of aliphatic carboxylic acids is 1. The molecular formula is C14H18ClNO4. The van der Waals surface area contributed by atoms with E-state index in [0.717, 1.165) is 4.90 Å². The Balaban J connectivity index is 2.99. The normalized spacial score (nSPS) is 12.7. The summed E-state index contributed by atoms with van der Waals surface area (Å²) in [4.78, 5) is 24.4. The molecule has 0 aromatic heterocycles. The van der Waals surface area contributed by atoms with E-state index in [2.05, 4.69) is 0 Å². The Morgan fingerprint density at radius 3 is 2.15 bits per heavy atom. The molecular weight excluding hydrogens is 282 g/mol. The molecule has 0 heterocycles. The first kappa shape index (κ1) is 16.3. The molecule has 0 radical (unpaired) electrons. The van der Waals surface area contributed by atoms with Gasteiger partial charge in [0.25, 0.3) is 0 Å². The van der Waals surface area contributed by atoms with Gasteiger partial charge in [-0.05, 0) is 38.5 Å². The van der Waals surface area contributed by atoms with Crippen LogP contribution in [0.15, 0.2) is 24.3 Å². The fraction of sp³-hybridized carbons (Fsp3) is 0.429. The number of carbonyl (C=O) groups is 2. The van der Waals surface area contributed by atoms with Gasteiger partial charge in [-0.15, -0.1) is 0 Å². The van der Waals surface area contributed by atoms with E-state index < -0.39 is 23.7 Å². The minimum absolute atomic E-state index is 0.454. The molecule has 0 saturated heterocycles. The van der Waals surface area contributed by atoms with Gasteiger partial charge in [0.2, 0.25) is 0 Å². The number of amides is 1. The number of nitrogens with zero attached hydrogens (tertiary/aromatic N) is 1. The van der Waals surface area contributed by atoms with Gasteiger partial charge >= 0.3 is 12.1 Å². The molecule has 0 spiro atoms. The van der Waals surface area contributed by atoms with Crippen LogP contribution in [0.3, 0.4) is 0 Å². The Labute approximate surface area is 123 Å². The third-order valence-electron chi connectivity index (χ3n) is 2.49. The summed E-state index contributed by atoms with van der Waals surface area (Å²) in [5, 5.41) is 9.83. The molecule has 20 heavy (non-hydrogen) atoms. The lowest BCUT2D eigenvalue weighted by Crippen LogP contribution is -2.39. The summed E-state index contributed by atoms with van der Waals surface area (Å²) >= 11 is 5.77. The quantitative estimate of drug-likeness (QED) is 0.929. The second-order valence-corrected chi connectivity index (χ2v) is 5.82. The van der Waals surface area contributed by atoms with Crippen molar-refractivity contribution in [2.24, 2.45) is 0 Å². The van der Waals surface area contributed by atoms with Crippen LogP contribution in [-0.2, 0) is 9.53 Å². The predicted octanol–water partition coefficient (Wildman–Crippen LogP) is 3.33. The van der Waals surface area contributed by atoms with E-state index >= 15 is 0 Å². The van der Waals surface area contributed by atoms with E-state index in [1.54, 1.807) is 45.0 Å². The molecule has 0 aliphatic heterocycles. The van der Waals surface area contributed by atoms with Gasteiger partial charge < -0.3 is 9.84 Å². The zero-order valence-electron chi connectivity index (χ0n) is 11.9. The molecule has 0 saturated carbocycles. The number of likely N-dealkylation sites (N-methyl/N-ethyl adjacent to an activating group) is 1. The van der Waals surface area contributed by atoms with Crippen LogP contribution in [0, 0.1) is 0 Å². The Bertz CT molecular complexity index is 493. The number of benzene rings is 1. The van der Waals surface area contributed by atoms with Crippen molar-refractivity contribution in [1.82, 2.24) is 4.90 Å². The number of hydrogen-bond acceptors (Lipinski definition) is 3. The zero-order chi connectivity index (χ0) is 15.5. The smallest absolute Gasteiger partial charge is 0.411 e. The molecule has 1 atom stereocenters. The maximum Gasteiger partial charge on any atom is 0.411 e. The fourth-order valence-electron chi connectivity index (χ4n) is 1.62. The van der Waals surface area contributed by atoms with E-state index in [0.29, 0.717) is 10.6 Å². The molecule has 0 bridgehead atoms. The third-order valence-corrected chi connectivity index (χ3v) is 2.74. The maximum absolute atomic E-state index is 12.0. The fourth-order valence-corrected chi connectivity index (χ4v) is 1.74. The minimum atomic E-state index is -1.14. The molecule has 0 fully saturated rings. The lowest BCUT2D eigenvalue weighted by Gasteiger charge is -2.28. The Morgan fingerprint density at radius 1 is 1.25 bits per heavy atom. The Hall–Kier alpha value is -1.75. The van der Waals surface area contributed by atoms with Crippen LogP contribution in [-0.4, -0.2) is 34.7 Å². The van der Waals surface area contributed by atoms with Gasteiger partial charge in [-0.3, -0.25) is 4.90 Å². The molecule has 1 aromatic carbocycles. The van der Waals surface area contributed by atoms with Crippen LogP contribution in [0.2, 0.25) is 5.02 Å². The topological polar surface area (TPSA) is 66.8 Å². The molecule has 6 heteroatoms. The van der Waals surface area contributed by atoms with E-state index in [1.807, 2.05) is 0 Å². The molecule has 5 nitrogen and oxygen atoms in total. The van der Waals surface area contributed by atoms with Crippen LogP contribution in [0.1, 0.15) is 32.4 Å². The van der Waals surface area contributed by atoms with Crippen LogP contribution in [0.4, 0.5) is 4.79 Å². The average Bonchev–Trinajstić information content (AvgIpc) is 2.29. The highest BCUT2D eigenvalue weighted by molar-refractivity contribution is 6.30. The van der Waals surface area contributed by atoms with Crippen molar-refractivity contribution >= 4 is 23.7 Å². The van der Waals surface area contributed by atoms with E-state index in [1.165, 1.54) is 7.05 Å². The summed E-state index contributed by atoms with van der Waals surface area (Å²) in [6.07, 6.45) is -0.695. The van der Waals surface area contributed by atoms with E-state index in [-0.39, 0.29) is 0 Å². The molecule has 1 N–H and O–H groups in total. The van der Waals surface area contributed by atoms with Crippen LogP contribution >= 0.6 is 11.6 Å². The van der Waals surface area contributed by atoms with Gasteiger partial charge in [0.15, 0.2) is 6.04 Å². The first-order valence-corrected chi connectivity index (χ1v) is 6.43. The highest BCUT2D eigenvalue weighted by Crippen LogP contribution is 2.23. The number of halogens is 1. The first-order valence-electron chi connectivity index (χ1n) is 6.06. The van der Waals surface area contributed by atoms with Gasteiger partial charge in [-0.25, -0.2) is 9.59 Å². The van der Waals surface area contributed by atoms with E-state index in [9.17, 15) is 14.7 Å². The van der Waals surface area contributed by atoms with Gasteiger partial charge in [0, 0.05) is 12.1 Å². The summed E-state index contributed by atoms with van der Waals surface area (Å²) < 4.78 is 5.17. The highest BCUT2D eigenvalue weighted by atomic mass is 35.5. The number of ether oxygens (including phenoxy) is 1. The van der Waals surface area contributed by atoms with Crippen molar-refractivity contribution in [2.45, 2.75) is 32.4 Å². The third kappa shape index (κ3) is 4.42. The molecule has 0 aliphatic carbocycles. The summed E-state index contributed by atoms with van der Waals surface area (Å²) in [7, 11) is 1.39. The lowest BCUT2D eigenvalue weighted by atomic mass is 10.1. The van der Waals surface area contributed by atoms with Gasteiger partial charge in [0.05, 0.1) is 0 Å². The number of carbonyl (C=O) groups excluding carboxylic acids is 1. The standard InChI is InChI=1S/C14H18ClNO4/c1-14(2,3)20-13(19)16(4)11(12(17)18)9-5-7-10(15)8-6-9/h5-8,11H,1-4H3,(H,17,18)/t11-/m0/s1. The molecule has 110 valence electrons. The van der Waals surface area contributed by atoms with Gasteiger partial charge in [-0.1, -0.05) is 23.7 Å². The minimum Gasteiger partial charge on any atom is -0.479 e. The number of hydrogen-bond donors (Lipinski definition) is 1. The summed E-state index contributed by atoms with van der Waals surface area (Å²) in [6.45, 7) is 5.16. The number of carboxylic acids is 1. The first-order chi connectivity index (χ1) is 9.11. The largest absolute Gasteiger partial charge is 0.479 e. The number of rotatable bonds is 3. The summed E-state index contributed by atoms with van der Waals surface area (Å²) in [5.74, 6) is -1.14. The number of carboxylic acid groups (broad SMARTS) is 1. The zero-order valence-corrected chi connectivity index (χ0v) is 12.6. The van der Waals surface area contributed by atoms with Crippen LogP contribution in [0.25, 0.3) is 0 Å². The molecule has 1 rings (SSSR count). The van der Waals surface area contributed by atoms with Crippen LogP contribution < -0.4 is 0 Å². The molecule has 0 aliphatic rings. The van der Waals surface area contributed by atoms with Gasteiger partial charge in [-0.2, -0.15) is 0 Å². The van der Waals surface area contributed by atoms with Crippen molar-refractivity contribution in [3.05, 3.63) is 34.9 Å². The predicted molar refractivity (Wildman–Crippen MR) is 75.8 cm³/mol. The monoisotopic (exact) mass is 299 g/mol. The van der Waals surface area contributed by atoms with Crippen molar-refractivity contribution in [2.75, 3.05) is 7.05 Å². The van der Waals surface area contributed by atoms with Crippen LogP contribution in [0.5, 0.6) is 0 Å². The maximum atomic E-state index is 12.0. The lowest BCUT2D eigenvalue weighted by molar-refractivity contribution is -0.142. The molecule has 1 amide bonds. The van der Waals surface area contributed by atoms with Crippen molar-refractivity contribution in [1.29, 1.82) is 0 Å². The average molecular weight is 300 g/mol.